The topological polar surface area (TPSA) is 66.5 Å². The first-order valence-electron chi connectivity index (χ1n) is 8.63. The van der Waals surface area contributed by atoms with Crippen LogP contribution in [0.1, 0.15) is 36.6 Å². The van der Waals surface area contributed by atoms with Crippen molar-refractivity contribution in [2.45, 2.75) is 39.8 Å². The van der Waals surface area contributed by atoms with E-state index in [-0.39, 0.29) is 11.7 Å². The molecule has 0 aliphatic carbocycles. The molecule has 0 spiro atoms. The van der Waals surface area contributed by atoms with Crippen molar-refractivity contribution in [3.8, 4) is 0 Å². The summed E-state index contributed by atoms with van der Waals surface area (Å²) in [6.07, 6.45) is 1.02. The Bertz CT molecular complexity index is 927. The zero-order valence-electron chi connectivity index (χ0n) is 16.2. The van der Waals surface area contributed by atoms with E-state index in [9.17, 15) is 17.6 Å². The van der Waals surface area contributed by atoms with Crippen LogP contribution < -0.4 is 9.62 Å². The Hall–Kier alpha value is -2.41. The number of rotatable bonds is 6. The standard InChI is InChI=1S/C20H25FN2O3S/c1-13-6-7-14(2)19(12-13)15(3)22-20(24)16(4)23(27(5,25)26)18-10-8-17(21)9-11-18/h6-12,15-16H,1-5H3,(H,22,24)/t15-,16+/m1/s1. The molecule has 27 heavy (non-hydrogen) atoms. The maximum Gasteiger partial charge on any atom is 0.244 e. The molecule has 0 bridgehead atoms. The third-order valence-electron chi connectivity index (χ3n) is 4.43. The first-order valence-corrected chi connectivity index (χ1v) is 10.5. The summed E-state index contributed by atoms with van der Waals surface area (Å²) in [6, 6.07) is 9.72. The second-order valence-corrected chi connectivity index (χ2v) is 8.66. The predicted octanol–water partition coefficient (Wildman–Crippen LogP) is 3.47. The Morgan fingerprint density at radius 3 is 2.22 bits per heavy atom. The van der Waals surface area contributed by atoms with E-state index in [0.717, 1.165) is 39.4 Å². The van der Waals surface area contributed by atoms with Crippen molar-refractivity contribution in [1.82, 2.24) is 5.32 Å². The molecule has 0 aliphatic rings. The van der Waals surface area contributed by atoms with Gasteiger partial charge in [-0.3, -0.25) is 9.10 Å². The number of carbonyl (C=O) groups is 1. The Kier molecular flexibility index (Phi) is 6.26. The van der Waals surface area contributed by atoms with Crippen LogP contribution in [0.2, 0.25) is 0 Å². The van der Waals surface area contributed by atoms with E-state index in [0.29, 0.717) is 0 Å². The molecule has 2 aromatic rings. The highest BCUT2D eigenvalue weighted by Crippen LogP contribution is 2.23. The number of hydrogen-bond acceptors (Lipinski definition) is 3. The van der Waals surface area contributed by atoms with Gasteiger partial charge < -0.3 is 5.32 Å². The summed E-state index contributed by atoms with van der Waals surface area (Å²) in [7, 11) is -3.74. The third-order valence-corrected chi connectivity index (χ3v) is 5.67. The molecule has 1 N–H and O–H groups in total. The number of nitrogens with one attached hydrogen (secondary N) is 1. The molecule has 0 aliphatic heterocycles. The van der Waals surface area contributed by atoms with E-state index in [1.807, 2.05) is 39.0 Å². The number of carbonyl (C=O) groups excluding carboxylic acids is 1. The fourth-order valence-electron chi connectivity index (χ4n) is 3.03. The Labute approximate surface area is 160 Å². The summed E-state index contributed by atoms with van der Waals surface area (Å²) >= 11 is 0. The summed E-state index contributed by atoms with van der Waals surface area (Å²) in [6.45, 7) is 7.30. The Morgan fingerprint density at radius 1 is 1.07 bits per heavy atom. The molecular formula is C20H25FN2O3S. The lowest BCUT2D eigenvalue weighted by Crippen LogP contribution is -2.48. The van der Waals surface area contributed by atoms with Crippen molar-refractivity contribution in [3.05, 3.63) is 65.0 Å². The van der Waals surface area contributed by atoms with Gasteiger partial charge in [-0.25, -0.2) is 12.8 Å². The van der Waals surface area contributed by atoms with Crippen LogP contribution in [0.15, 0.2) is 42.5 Å². The van der Waals surface area contributed by atoms with E-state index < -0.39 is 27.8 Å². The molecule has 7 heteroatoms. The maximum absolute atomic E-state index is 13.2. The van der Waals surface area contributed by atoms with Crippen molar-refractivity contribution in [3.63, 3.8) is 0 Å². The van der Waals surface area contributed by atoms with Gasteiger partial charge >= 0.3 is 0 Å². The average Bonchev–Trinajstić information content (AvgIpc) is 2.57. The van der Waals surface area contributed by atoms with Gasteiger partial charge in [0, 0.05) is 0 Å². The van der Waals surface area contributed by atoms with Crippen molar-refractivity contribution < 1.29 is 17.6 Å². The highest BCUT2D eigenvalue weighted by Gasteiger charge is 2.30. The van der Waals surface area contributed by atoms with E-state index in [1.165, 1.54) is 19.1 Å². The summed E-state index contributed by atoms with van der Waals surface area (Å²) in [5, 5.41) is 2.88. The van der Waals surface area contributed by atoms with Gasteiger partial charge in [0.05, 0.1) is 18.0 Å². The number of aryl methyl sites for hydroxylation is 2. The normalized spacial score (nSPS) is 13.7. The molecule has 0 aromatic heterocycles. The monoisotopic (exact) mass is 392 g/mol. The summed E-state index contributed by atoms with van der Waals surface area (Å²) < 4.78 is 38.7. The molecule has 0 fully saturated rings. The quantitative estimate of drug-likeness (QED) is 0.819. The number of amides is 1. The number of benzene rings is 2. The fourth-order valence-corrected chi connectivity index (χ4v) is 4.21. The zero-order chi connectivity index (χ0) is 20.4. The summed E-state index contributed by atoms with van der Waals surface area (Å²) in [5.41, 5.74) is 3.33. The lowest BCUT2D eigenvalue weighted by Gasteiger charge is -2.29. The highest BCUT2D eigenvalue weighted by atomic mass is 32.2. The minimum atomic E-state index is -3.74. The molecule has 146 valence electrons. The van der Waals surface area contributed by atoms with Gasteiger partial charge in [0.15, 0.2) is 0 Å². The Balaban J connectivity index is 2.27. The molecule has 5 nitrogen and oxygen atoms in total. The van der Waals surface area contributed by atoms with Crippen molar-refractivity contribution in [2.75, 3.05) is 10.6 Å². The second-order valence-electron chi connectivity index (χ2n) is 6.80. The lowest BCUT2D eigenvalue weighted by atomic mass is 10.00. The molecule has 2 atom stereocenters. The molecule has 2 rings (SSSR count). The van der Waals surface area contributed by atoms with Crippen LogP contribution in [-0.2, 0) is 14.8 Å². The van der Waals surface area contributed by atoms with Crippen LogP contribution in [0.5, 0.6) is 0 Å². The van der Waals surface area contributed by atoms with Crippen LogP contribution in [-0.4, -0.2) is 26.6 Å². The number of nitrogens with zero attached hydrogens (tertiary/aromatic N) is 1. The number of anilines is 1. The van der Waals surface area contributed by atoms with E-state index in [4.69, 9.17) is 0 Å². The van der Waals surface area contributed by atoms with E-state index >= 15 is 0 Å². The van der Waals surface area contributed by atoms with Crippen LogP contribution in [0, 0.1) is 19.7 Å². The maximum atomic E-state index is 13.2. The van der Waals surface area contributed by atoms with Crippen LogP contribution in [0.25, 0.3) is 0 Å². The van der Waals surface area contributed by atoms with E-state index in [2.05, 4.69) is 5.32 Å². The van der Waals surface area contributed by atoms with E-state index in [1.54, 1.807) is 0 Å². The molecule has 0 saturated carbocycles. The van der Waals surface area contributed by atoms with Crippen molar-refractivity contribution >= 4 is 21.6 Å². The highest BCUT2D eigenvalue weighted by molar-refractivity contribution is 7.92. The molecule has 0 saturated heterocycles. The molecule has 0 radical (unpaired) electrons. The molecular weight excluding hydrogens is 367 g/mol. The molecule has 0 unspecified atom stereocenters. The van der Waals surface area contributed by atoms with Gasteiger partial charge in [-0.05, 0) is 63.1 Å². The SMILES string of the molecule is Cc1ccc(C)c([C@@H](C)NC(=O)[C@H](C)N(c2ccc(F)cc2)S(C)(=O)=O)c1. The largest absolute Gasteiger partial charge is 0.348 e. The molecule has 1 amide bonds. The smallest absolute Gasteiger partial charge is 0.244 e. The average molecular weight is 392 g/mol. The predicted molar refractivity (Wildman–Crippen MR) is 106 cm³/mol. The summed E-state index contributed by atoms with van der Waals surface area (Å²) in [4.78, 5) is 12.8. The molecule has 0 heterocycles. The fraction of sp³-hybridized carbons (Fsp3) is 0.350. The Morgan fingerprint density at radius 2 is 1.67 bits per heavy atom. The van der Waals surface area contributed by atoms with Gasteiger partial charge in [0.2, 0.25) is 15.9 Å². The van der Waals surface area contributed by atoms with Crippen molar-refractivity contribution in [1.29, 1.82) is 0 Å². The second kappa shape index (κ2) is 8.08. The summed E-state index contributed by atoms with van der Waals surface area (Å²) in [5.74, 6) is -0.911. The minimum Gasteiger partial charge on any atom is -0.348 e. The third kappa shape index (κ3) is 5.07. The molecule has 2 aromatic carbocycles. The van der Waals surface area contributed by atoms with Gasteiger partial charge in [0.25, 0.3) is 0 Å². The number of halogens is 1. The van der Waals surface area contributed by atoms with Gasteiger partial charge in [-0.15, -0.1) is 0 Å². The van der Waals surface area contributed by atoms with Gasteiger partial charge in [0.1, 0.15) is 11.9 Å². The number of hydrogen-bond donors (Lipinski definition) is 1. The van der Waals surface area contributed by atoms with Gasteiger partial charge in [-0.2, -0.15) is 0 Å². The van der Waals surface area contributed by atoms with Crippen LogP contribution in [0.4, 0.5) is 10.1 Å². The first kappa shape index (κ1) is 20.9. The van der Waals surface area contributed by atoms with Crippen LogP contribution in [0.3, 0.4) is 0 Å². The van der Waals surface area contributed by atoms with Gasteiger partial charge in [-0.1, -0.05) is 23.8 Å². The first-order chi connectivity index (χ1) is 12.5. The minimum absolute atomic E-state index is 0.237. The number of sulfonamides is 1. The lowest BCUT2D eigenvalue weighted by molar-refractivity contribution is -0.122. The zero-order valence-corrected chi connectivity index (χ0v) is 17.0. The van der Waals surface area contributed by atoms with Crippen LogP contribution >= 0.6 is 0 Å². The van der Waals surface area contributed by atoms with Crippen molar-refractivity contribution in [2.24, 2.45) is 0 Å².